The fraction of sp³-hybridized carbons (Fsp3) is 0.750. The highest BCUT2D eigenvalue weighted by Crippen LogP contribution is 2.02. The van der Waals surface area contributed by atoms with Gasteiger partial charge in [-0.25, -0.2) is 4.79 Å². The van der Waals surface area contributed by atoms with Crippen molar-refractivity contribution in [3.05, 3.63) is 0 Å². The first kappa shape index (κ1) is 22.7. The number of carbonyl (C=O) groups is 4. The third-order valence-electron chi connectivity index (χ3n) is 3.17. The lowest BCUT2D eigenvalue weighted by molar-refractivity contribution is -0.141. The summed E-state index contributed by atoms with van der Waals surface area (Å²) in [6.45, 7) is 8.43. The Morgan fingerprint density at radius 2 is 1.56 bits per heavy atom. The van der Waals surface area contributed by atoms with Gasteiger partial charge >= 0.3 is 12.1 Å². The van der Waals surface area contributed by atoms with Crippen molar-refractivity contribution in [2.75, 3.05) is 6.54 Å². The van der Waals surface area contributed by atoms with Crippen molar-refractivity contribution in [2.24, 2.45) is 5.92 Å². The standard InChI is InChI=1S/C16H29N3O6/c1-9(2)13(20)19-12(14(21)18-11(5)15(22)23)7-6-8-17-16(24)25-10(3)4/h9-12H,6-8H2,1-5H3,(H,17,24)(H,18,21)(H,19,20)(H,22,23)/t11-,12-/m0/s1. The van der Waals surface area contributed by atoms with Crippen LogP contribution in [0.3, 0.4) is 0 Å². The Bertz CT molecular complexity index is 478. The summed E-state index contributed by atoms with van der Waals surface area (Å²) in [5.74, 6) is -2.37. The molecule has 0 aliphatic carbocycles. The number of hydrogen-bond donors (Lipinski definition) is 4. The molecule has 0 aliphatic heterocycles. The summed E-state index contributed by atoms with van der Waals surface area (Å²) in [4.78, 5) is 46.3. The summed E-state index contributed by atoms with van der Waals surface area (Å²) in [5.41, 5.74) is 0. The first-order valence-corrected chi connectivity index (χ1v) is 8.32. The van der Waals surface area contributed by atoms with Crippen molar-refractivity contribution in [3.63, 3.8) is 0 Å². The molecular formula is C16H29N3O6. The molecule has 0 rings (SSSR count). The molecule has 9 nitrogen and oxygen atoms in total. The maximum atomic E-state index is 12.2. The van der Waals surface area contributed by atoms with Crippen LogP contribution in [0.2, 0.25) is 0 Å². The highest BCUT2D eigenvalue weighted by molar-refractivity contribution is 5.90. The molecule has 0 aromatic rings. The molecule has 0 radical (unpaired) electrons. The molecule has 0 aliphatic rings. The van der Waals surface area contributed by atoms with Crippen LogP contribution >= 0.6 is 0 Å². The first-order valence-electron chi connectivity index (χ1n) is 8.32. The van der Waals surface area contributed by atoms with E-state index in [1.807, 2.05) is 0 Å². The van der Waals surface area contributed by atoms with Crippen molar-refractivity contribution in [1.29, 1.82) is 0 Å². The quantitative estimate of drug-likeness (QED) is 0.423. The Kier molecular flexibility index (Phi) is 10.2. The van der Waals surface area contributed by atoms with E-state index in [0.717, 1.165) is 0 Å². The summed E-state index contributed by atoms with van der Waals surface area (Å²) in [6.07, 6.45) is -0.132. The second kappa shape index (κ2) is 11.3. The zero-order chi connectivity index (χ0) is 19.6. The van der Waals surface area contributed by atoms with Gasteiger partial charge in [0.1, 0.15) is 12.1 Å². The molecule has 0 aromatic carbocycles. The fourth-order valence-corrected chi connectivity index (χ4v) is 1.74. The number of carboxylic acids is 1. The van der Waals surface area contributed by atoms with Gasteiger partial charge in [-0.05, 0) is 33.6 Å². The number of hydrogen-bond acceptors (Lipinski definition) is 5. The predicted octanol–water partition coefficient (Wildman–Crippen LogP) is 0.631. The number of alkyl carbamates (subject to hydrolysis) is 1. The molecule has 3 amide bonds. The number of amides is 3. The van der Waals surface area contributed by atoms with E-state index in [1.54, 1.807) is 27.7 Å². The minimum Gasteiger partial charge on any atom is -0.480 e. The van der Waals surface area contributed by atoms with Crippen LogP contribution in [0.1, 0.15) is 47.5 Å². The molecule has 0 unspecified atom stereocenters. The highest BCUT2D eigenvalue weighted by atomic mass is 16.6. The van der Waals surface area contributed by atoms with Gasteiger partial charge in [0.05, 0.1) is 6.10 Å². The number of carbonyl (C=O) groups excluding carboxylic acids is 3. The minimum atomic E-state index is -1.17. The van der Waals surface area contributed by atoms with E-state index in [9.17, 15) is 19.2 Å². The Morgan fingerprint density at radius 1 is 0.960 bits per heavy atom. The van der Waals surface area contributed by atoms with Crippen molar-refractivity contribution < 1.29 is 29.0 Å². The third kappa shape index (κ3) is 10.2. The van der Waals surface area contributed by atoms with Gasteiger partial charge in [-0.1, -0.05) is 13.8 Å². The number of rotatable bonds is 10. The maximum Gasteiger partial charge on any atom is 0.407 e. The normalized spacial score (nSPS) is 13.1. The molecule has 0 saturated heterocycles. The number of aliphatic carboxylic acids is 1. The van der Waals surface area contributed by atoms with Crippen molar-refractivity contribution in [1.82, 2.24) is 16.0 Å². The highest BCUT2D eigenvalue weighted by Gasteiger charge is 2.24. The molecule has 0 heterocycles. The summed E-state index contributed by atoms with van der Waals surface area (Å²) >= 11 is 0. The Balaban J connectivity index is 4.58. The number of carboxylic acid groups (broad SMARTS) is 1. The van der Waals surface area contributed by atoms with Crippen molar-refractivity contribution >= 4 is 23.9 Å². The zero-order valence-electron chi connectivity index (χ0n) is 15.4. The largest absolute Gasteiger partial charge is 0.480 e. The lowest BCUT2D eigenvalue weighted by Crippen LogP contribution is -2.51. The van der Waals surface area contributed by atoms with E-state index in [-0.39, 0.29) is 30.9 Å². The monoisotopic (exact) mass is 359 g/mol. The van der Waals surface area contributed by atoms with Gasteiger partial charge in [-0.3, -0.25) is 14.4 Å². The van der Waals surface area contributed by atoms with Crippen LogP contribution in [0.5, 0.6) is 0 Å². The van der Waals surface area contributed by atoms with E-state index in [2.05, 4.69) is 16.0 Å². The average molecular weight is 359 g/mol. The first-order chi connectivity index (χ1) is 11.5. The topological polar surface area (TPSA) is 134 Å². The average Bonchev–Trinajstić information content (AvgIpc) is 2.48. The van der Waals surface area contributed by atoms with Gasteiger partial charge in [-0.15, -0.1) is 0 Å². The number of nitrogens with one attached hydrogen (secondary N) is 3. The molecule has 0 aromatic heterocycles. The van der Waals surface area contributed by atoms with Crippen LogP contribution in [0.4, 0.5) is 4.79 Å². The molecule has 2 atom stereocenters. The van der Waals surface area contributed by atoms with E-state index in [0.29, 0.717) is 6.42 Å². The Morgan fingerprint density at radius 3 is 2.04 bits per heavy atom. The van der Waals surface area contributed by atoms with E-state index < -0.39 is 30.1 Å². The zero-order valence-corrected chi connectivity index (χ0v) is 15.4. The van der Waals surface area contributed by atoms with Gasteiger partial charge in [-0.2, -0.15) is 0 Å². The molecular weight excluding hydrogens is 330 g/mol. The van der Waals surface area contributed by atoms with Crippen LogP contribution in [-0.2, 0) is 19.1 Å². The molecule has 25 heavy (non-hydrogen) atoms. The van der Waals surface area contributed by atoms with E-state index in [4.69, 9.17) is 9.84 Å². The number of ether oxygens (including phenoxy) is 1. The van der Waals surface area contributed by atoms with Crippen molar-refractivity contribution in [3.8, 4) is 0 Å². The Hall–Kier alpha value is -2.32. The molecule has 0 fully saturated rings. The summed E-state index contributed by atoms with van der Waals surface area (Å²) in [6, 6.07) is -1.94. The van der Waals surface area contributed by atoms with Crippen LogP contribution in [-0.4, -0.2) is 53.7 Å². The lowest BCUT2D eigenvalue weighted by atomic mass is 10.1. The molecule has 144 valence electrons. The fourth-order valence-electron chi connectivity index (χ4n) is 1.74. The summed E-state index contributed by atoms with van der Waals surface area (Å²) in [5, 5.41) is 16.3. The smallest absolute Gasteiger partial charge is 0.407 e. The Labute approximate surface area is 147 Å². The minimum absolute atomic E-state index is 0.235. The van der Waals surface area contributed by atoms with Gasteiger partial charge < -0.3 is 25.8 Å². The lowest BCUT2D eigenvalue weighted by Gasteiger charge is -2.21. The van der Waals surface area contributed by atoms with Crippen LogP contribution in [0.25, 0.3) is 0 Å². The third-order valence-corrected chi connectivity index (χ3v) is 3.17. The second-order valence-electron chi connectivity index (χ2n) is 6.31. The van der Waals surface area contributed by atoms with Gasteiger partial charge in [0, 0.05) is 12.5 Å². The van der Waals surface area contributed by atoms with Crippen LogP contribution in [0.15, 0.2) is 0 Å². The molecule has 0 bridgehead atoms. The SMILES string of the molecule is CC(C)OC(=O)NCCC[C@H](NC(=O)C(C)C)C(=O)N[C@@H](C)C(=O)O. The second-order valence-corrected chi connectivity index (χ2v) is 6.31. The summed E-state index contributed by atoms with van der Waals surface area (Å²) in [7, 11) is 0. The molecule has 4 N–H and O–H groups in total. The summed E-state index contributed by atoms with van der Waals surface area (Å²) < 4.78 is 4.92. The van der Waals surface area contributed by atoms with Crippen LogP contribution in [0, 0.1) is 5.92 Å². The molecule has 9 heteroatoms. The maximum absolute atomic E-state index is 12.2. The van der Waals surface area contributed by atoms with Gasteiger partial charge in [0.25, 0.3) is 0 Å². The van der Waals surface area contributed by atoms with Gasteiger partial charge in [0.15, 0.2) is 0 Å². The van der Waals surface area contributed by atoms with E-state index >= 15 is 0 Å². The predicted molar refractivity (Wildman–Crippen MR) is 90.9 cm³/mol. The molecule has 0 spiro atoms. The molecule has 0 saturated carbocycles. The van der Waals surface area contributed by atoms with Crippen LogP contribution < -0.4 is 16.0 Å². The van der Waals surface area contributed by atoms with Crippen molar-refractivity contribution in [2.45, 2.75) is 65.6 Å². The van der Waals surface area contributed by atoms with Gasteiger partial charge in [0.2, 0.25) is 11.8 Å². The van der Waals surface area contributed by atoms with E-state index in [1.165, 1.54) is 6.92 Å².